The first-order valence-electron chi connectivity index (χ1n) is 12.9. The van der Waals surface area contributed by atoms with Crippen molar-refractivity contribution in [3.8, 4) is 6.07 Å². The third kappa shape index (κ3) is 5.74. The van der Waals surface area contributed by atoms with E-state index in [1.165, 1.54) is 5.56 Å². The van der Waals surface area contributed by atoms with Gasteiger partial charge >= 0.3 is 0 Å². The van der Waals surface area contributed by atoms with Gasteiger partial charge in [0.1, 0.15) is 11.5 Å². The van der Waals surface area contributed by atoms with E-state index in [9.17, 15) is 5.26 Å². The van der Waals surface area contributed by atoms with Gasteiger partial charge in [-0.2, -0.15) is 5.10 Å². The minimum atomic E-state index is 0.0562. The minimum Gasteiger partial charge on any atom is -0.462 e. The molecule has 5 rings (SSSR count). The lowest BCUT2D eigenvalue weighted by Gasteiger charge is -2.24. The average Bonchev–Trinajstić information content (AvgIpc) is 3.43. The van der Waals surface area contributed by atoms with E-state index in [0.717, 1.165) is 34.7 Å². The second-order valence-electron chi connectivity index (χ2n) is 9.69. The standard InChI is InChI=1S/C34H28N4O/c1-24(2)34-21-28(32(23-35)36-3)20-30(39-34)19-16-25-14-17-29(18-15-25)38-33(27-12-8-5-9-13-27)22-31(37-38)26-10-6-4-7-11-26/h4-21,24,33H,22H2,1-2H3. The number of allylic oxidation sites excluding steroid dienone is 6. The van der Waals surface area contributed by atoms with Gasteiger partial charge < -0.3 is 4.74 Å². The topological polar surface area (TPSA) is 53.0 Å². The van der Waals surface area contributed by atoms with Crippen molar-refractivity contribution in [1.82, 2.24) is 0 Å². The Labute approximate surface area is 229 Å². The quantitative estimate of drug-likeness (QED) is 0.249. The molecule has 5 heteroatoms. The summed E-state index contributed by atoms with van der Waals surface area (Å²) in [4.78, 5) is 3.36. The Balaban J connectivity index is 1.40. The summed E-state index contributed by atoms with van der Waals surface area (Å²) >= 11 is 0. The highest BCUT2D eigenvalue weighted by atomic mass is 16.5. The van der Waals surface area contributed by atoms with Crippen molar-refractivity contribution < 1.29 is 4.74 Å². The van der Waals surface area contributed by atoms with Crippen molar-refractivity contribution in [2.45, 2.75) is 26.3 Å². The molecule has 3 aromatic carbocycles. The van der Waals surface area contributed by atoms with Crippen LogP contribution >= 0.6 is 0 Å². The third-order valence-electron chi connectivity index (χ3n) is 6.69. The van der Waals surface area contributed by atoms with Crippen LogP contribution in [-0.2, 0) is 4.74 Å². The van der Waals surface area contributed by atoms with Gasteiger partial charge in [-0.15, -0.1) is 0 Å². The average molecular weight is 509 g/mol. The SMILES string of the molecule is [C-]#[N+]C(C#N)=C1C=C(C=Cc2ccc(N3N=C(c4ccccc4)CC3c3ccccc3)cc2)OC(C(C)C)=C1. The number of nitrogens with zero attached hydrogens (tertiary/aromatic N) is 4. The summed E-state index contributed by atoms with van der Waals surface area (Å²) < 4.78 is 6.02. The maximum absolute atomic E-state index is 9.33. The highest BCUT2D eigenvalue weighted by molar-refractivity contribution is 6.03. The summed E-state index contributed by atoms with van der Waals surface area (Å²) in [5.74, 6) is 1.45. The van der Waals surface area contributed by atoms with E-state index >= 15 is 0 Å². The lowest BCUT2D eigenvalue weighted by atomic mass is 9.98. The largest absolute Gasteiger partial charge is 0.462 e. The Morgan fingerprint density at radius 2 is 1.69 bits per heavy atom. The second kappa shape index (κ2) is 11.5. The van der Waals surface area contributed by atoms with E-state index in [1.54, 1.807) is 12.2 Å². The number of hydrogen-bond acceptors (Lipinski definition) is 4. The highest BCUT2D eigenvalue weighted by Gasteiger charge is 2.29. The molecule has 2 aliphatic rings. The van der Waals surface area contributed by atoms with Gasteiger partial charge in [0.05, 0.1) is 30.1 Å². The van der Waals surface area contributed by atoms with Gasteiger partial charge in [0.15, 0.2) is 0 Å². The van der Waals surface area contributed by atoms with Crippen LogP contribution in [0, 0.1) is 23.8 Å². The van der Waals surface area contributed by atoms with E-state index in [1.807, 2.05) is 56.3 Å². The number of nitriles is 1. The molecule has 1 atom stereocenters. The zero-order valence-corrected chi connectivity index (χ0v) is 22.0. The number of rotatable bonds is 6. The Bertz CT molecular complexity index is 1560. The van der Waals surface area contributed by atoms with E-state index in [4.69, 9.17) is 16.4 Å². The van der Waals surface area contributed by atoms with Crippen molar-refractivity contribution in [2.75, 3.05) is 5.01 Å². The maximum Gasteiger partial charge on any atom is 0.269 e. The van der Waals surface area contributed by atoms with Gasteiger partial charge in [0.25, 0.3) is 5.70 Å². The molecule has 39 heavy (non-hydrogen) atoms. The molecule has 0 aromatic heterocycles. The fraction of sp³-hybridized carbons (Fsp3) is 0.147. The van der Waals surface area contributed by atoms with Gasteiger partial charge in [-0.25, -0.2) is 10.1 Å². The summed E-state index contributed by atoms with van der Waals surface area (Å²) in [5.41, 5.74) is 6.10. The van der Waals surface area contributed by atoms with E-state index in [2.05, 4.69) is 70.5 Å². The number of ether oxygens (including phenoxy) is 1. The zero-order valence-electron chi connectivity index (χ0n) is 22.0. The van der Waals surface area contributed by atoms with Crippen molar-refractivity contribution in [2.24, 2.45) is 11.0 Å². The van der Waals surface area contributed by atoms with Gasteiger partial charge in [-0.05, 0) is 52.6 Å². The molecule has 3 aromatic rings. The fourth-order valence-corrected chi connectivity index (χ4v) is 4.61. The first-order valence-corrected chi connectivity index (χ1v) is 12.9. The molecule has 0 saturated carbocycles. The molecule has 190 valence electrons. The molecule has 0 amide bonds. The number of hydrogen-bond donors (Lipinski definition) is 0. The van der Waals surface area contributed by atoms with Gasteiger partial charge in [-0.1, -0.05) is 92.7 Å². The van der Waals surface area contributed by atoms with Crippen molar-refractivity contribution in [3.63, 3.8) is 0 Å². The summed E-state index contributed by atoms with van der Waals surface area (Å²) in [6.07, 6.45) is 8.19. The van der Waals surface area contributed by atoms with Crippen molar-refractivity contribution in [1.29, 1.82) is 5.26 Å². The molecule has 1 unspecified atom stereocenters. The molecule has 0 spiro atoms. The summed E-state index contributed by atoms with van der Waals surface area (Å²) in [7, 11) is 0. The summed E-state index contributed by atoms with van der Waals surface area (Å²) in [6.45, 7) is 11.3. The minimum absolute atomic E-state index is 0.0562. The Morgan fingerprint density at radius 1 is 1.00 bits per heavy atom. The lowest BCUT2D eigenvalue weighted by Crippen LogP contribution is -2.18. The second-order valence-corrected chi connectivity index (χ2v) is 9.69. The normalized spacial score (nSPS) is 18.1. The molecule has 0 bridgehead atoms. The molecule has 0 fully saturated rings. The predicted octanol–water partition coefficient (Wildman–Crippen LogP) is 8.21. The molecular formula is C34H28N4O. The van der Waals surface area contributed by atoms with Crippen LogP contribution in [0.25, 0.3) is 10.9 Å². The molecular weight excluding hydrogens is 480 g/mol. The number of benzene rings is 3. The molecule has 0 saturated heterocycles. The van der Waals surface area contributed by atoms with Gasteiger partial charge in [0, 0.05) is 12.3 Å². The van der Waals surface area contributed by atoms with Crippen molar-refractivity contribution in [3.05, 3.63) is 154 Å². The fourth-order valence-electron chi connectivity index (χ4n) is 4.61. The maximum atomic E-state index is 9.33. The van der Waals surface area contributed by atoms with E-state index in [0.29, 0.717) is 11.3 Å². The predicted molar refractivity (Wildman–Crippen MR) is 156 cm³/mol. The Kier molecular flexibility index (Phi) is 7.53. The van der Waals surface area contributed by atoms with E-state index < -0.39 is 0 Å². The summed E-state index contributed by atoms with van der Waals surface area (Å²) in [5, 5.41) is 16.5. The molecule has 0 aliphatic carbocycles. The molecule has 2 aliphatic heterocycles. The van der Waals surface area contributed by atoms with Crippen LogP contribution in [0.1, 0.15) is 43.0 Å². The van der Waals surface area contributed by atoms with Crippen LogP contribution in [0.2, 0.25) is 0 Å². The molecule has 2 heterocycles. The van der Waals surface area contributed by atoms with Crippen LogP contribution in [0.4, 0.5) is 5.69 Å². The van der Waals surface area contributed by atoms with Crippen LogP contribution < -0.4 is 5.01 Å². The first-order chi connectivity index (χ1) is 19.1. The van der Waals surface area contributed by atoms with Gasteiger partial charge in [-0.3, -0.25) is 5.01 Å². The highest BCUT2D eigenvalue weighted by Crippen LogP contribution is 2.37. The first kappa shape index (κ1) is 25.5. The Hall–Kier alpha value is -5.13. The molecule has 0 N–H and O–H groups in total. The van der Waals surface area contributed by atoms with Crippen LogP contribution in [0.15, 0.2) is 131 Å². The van der Waals surface area contributed by atoms with Gasteiger partial charge in [0.2, 0.25) is 0 Å². The smallest absolute Gasteiger partial charge is 0.269 e. The monoisotopic (exact) mass is 508 g/mol. The third-order valence-corrected chi connectivity index (χ3v) is 6.69. The zero-order chi connectivity index (χ0) is 27.2. The van der Waals surface area contributed by atoms with E-state index in [-0.39, 0.29) is 17.7 Å². The van der Waals surface area contributed by atoms with Crippen molar-refractivity contribution >= 4 is 17.5 Å². The number of hydrazone groups is 1. The molecule has 0 radical (unpaired) electrons. The lowest BCUT2D eigenvalue weighted by molar-refractivity contribution is 0.275. The number of anilines is 1. The van der Waals surface area contributed by atoms with Crippen LogP contribution in [0.5, 0.6) is 0 Å². The van der Waals surface area contributed by atoms with Crippen LogP contribution in [0.3, 0.4) is 0 Å². The molecule has 5 nitrogen and oxygen atoms in total. The van der Waals surface area contributed by atoms with Crippen LogP contribution in [-0.4, -0.2) is 5.71 Å². The summed E-state index contributed by atoms with van der Waals surface area (Å²) in [6, 6.07) is 31.2. The Morgan fingerprint density at radius 3 is 2.33 bits per heavy atom.